The van der Waals surface area contributed by atoms with E-state index in [1.807, 2.05) is 0 Å². The number of hydrogen-bond donors (Lipinski definition) is 0. The molecule has 4 saturated heterocycles. The Morgan fingerprint density at radius 3 is 1.35 bits per heavy atom. The monoisotopic (exact) mass is 768 g/mol. The Morgan fingerprint density at radius 2 is 0.981 bits per heavy atom. The minimum absolute atomic E-state index is 0.538. The van der Waals surface area contributed by atoms with Gasteiger partial charge in [0.15, 0.2) is 0 Å². The number of piperidine rings is 2. The quantitative estimate of drug-likeness (QED) is 0.179. The molecule has 0 unspecified atom stereocenters. The zero-order chi connectivity index (χ0) is 36.5. The maximum Gasteiger partial charge on any atom is 0.204 e. The van der Waals surface area contributed by atoms with Gasteiger partial charge < -0.3 is 29.1 Å². The van der Waals surface area contributed by atoms with Crippen LogP contribution in [0.15, 0.2) is 61.2 Å². The Kier molecular flexibility index (Phi) is 10.5. The average molecular weight is 769 g/mol. The topological polar surface area (TPSA) is 83.0 Å². The van der Waals surface area contributed by atoms with Crippen molar-refractivity contribution in [3.05, 3.63) is 72.3 Å². The molecular weight excluding hydrogens is 713 g/mol. The molecule has 0 bridgehead atoms. The van der Waals surface area contributed by atoms with E-state index in [1.54, 1.807) is 26.9 Å². The van der Waals surface area contributed by atoms with E-state index in [2.05, 4.69) is 86.8 Å². The van der Waals surface area contributed by atoms with Crippen LogP contribution in [0.3, 0.4) is 0 Å². The lowest BCUT2D eigenvalue weighted by Gasteiger charge is -2.48. The number of para-hydroxylation sites is 2. The molecule has 2 aliphatic carbocycles. The van der Waals surface area contributed by atoms with Crippen molar-refractivity contribution in [1.82, 2.24) is 28.5 Å². The van der Waals surface area contributed by atoms with Gasteiger partial charge in [0.1, 0.15) is 24.2 Å². The third-order valence-electron chi connectivity index (χ3n) is 13.9. The molecule has 2 aromatic carbocycles. The van der Waals surface area contributed by atoms with Gasteiger partial charge in [0, 0.05) is 72.2 Å². The summed E-state index contributed by atoms with van der Waals surface area (Å²) in [4.78, 5) is 19.1. The summed E-state index contributed by atoms with van der Waals surface area (Å²) >= 11 is 3.05. The Hall–Kier alpha value is -3.32. The average Bonchev–Trinajstić information content (AvgIpc) is 4.04. The number of likely N-dealkylation sites (tertiary alicyclic amines) is 2. The van der Waals surface area contributed by atoms with E-state index >= 15 is 0 Å². The number of nitrogens with zero attached hydrogens (tertiary/aromatic N) is 8. The maximum absolute atomic E-state index is 5.59. The van der Waals surface area contributed by atoms with Crippen LogP contribution in [-0.2, 0) is 0 Å². The maximum atomic E-state index is 5.59. The van der Waals surface area contributed by atoms with Crippen molar-refractivity contribution >= 4 is 33.3 Å². The second kappa shape index (κ2) is 15.7. The molecule has 10 nitrogen and oxygen atoms in total. The molecule has 2 aromatic heterocycles. The van der Waals surface area contributed by atoms with Crippen molar-refractivity contribution in [2.24, 2.45) is 10.8 Å². The van der Waals surface area contributed by atoms with Crippen LogP contribution >= 0.6 is 23.1 Å². The van der Waals surface area contributed by atoms with Crippen LogP contribution in [0.25, 0.3) is 0 Å². The van der Waals surface area contributed by atoms with Gasteiger partial charge in [0.2, 0.25) is 10.3 Å². The third-order valence-corrected chi connectivity index (χ3v) is 15.4. The largest absolute Gasteiger partial charge is 0.496 e. The summed E-state index contributed by atoms with van der Waals surface area (Å²) in [6, 6.07) is 18.7. The normalized spacial score (nSPS) is 25.7. The highest BCUT2D eigenvalue weighted by Gasteiger charge is 2.51. The standard InChI is InChI=1S/2C21H28N4OS/c2*1-26-19-5-3-2-4-18(19)16-7-10-24(11-8-16)17-6-9-21(12-17)13-25(14-21)20-22-15-23-27-20/h2*2-5,15-17H,6-14H2,1H3/t2*17-/m10/s1. The highest BCUT2D eigenvalue weighted by molar-refractivity contribution is 7.09. The molecule has 0 N–H and O–H groups in total. The fourth-order valence-electron chi connectivity index (χ4n) is 11.1. The van der Waals surface area contributed by atoms with Crippen LogP contribution in [0.4, 0.5) is 10.3 Å². The molecule has 2 spiro atoms. The number of hydrogen-bond acceptors (Lipinski definition) is 12. The van der Waals surface area contributed by atoms with E-state index in [9.17, 15) is 0 Å². The minimum atomic E-state index is 0.538. The summed E-state index contributed by atoms with van der Waals surface area (Å²) in [7, 11) is 3.57. The van der Waals surface area contributed by atoms with Crippen LogP contribution in [-0.4, -0.2) is 107 Å². The summed E-state index contributed by atoms with van der Waals surface area (Å²) in [5.74, 6) is 3.40. The Bertz CT molecular complexity index is 1660. The van der Waals surface area contributed by atoms with Gasteiger partial charge in [-0.2, -0.15) is 8.75 Å². The minimum Gasteiger partial charge on any atom is -0.496 e. The lowest BCUT2D eigenvalue weighted by Crippen LogP contribution is -2.56. The SMILES string of the molecule is COc1ccccc1C1CCN([C@@H]2CCC3(C2)CN(c2ncns2)C3)CC1.COc1ccccc1C1CCN([C@H]2CCC3(C2)CN(c2ncns2)C3)CC1. The highest BCUT2D eigenvalue weighted by Crippen LogP contribution is 2.51. The van der Waals surface area contributed by atoms with Gasteiger partial charge >= 0.3 is 0 Å². The number of anilines is 2. The van der Waals surface area contributed by atoms with Gasteiger partial charge in [-0.1, -0.05) is 36.4 Å². The van der Waals surface area contributed by atoms with Gasteiger partial charge in [-0.05, 0) is 125 Å². The summed E-state index contributed by atoms with van der Waals surface area (Å²) < 4.78 is 19.5. The summed E-state index contributed by atoms with van der Waals surface area (Å²) in [6.45, 7) is 9.61. The van der Waals surface area contributed by atoms with Crippen molar-refractivity contribution < 1.29 is 9.47 Å². The lowest BCUT2D eigenvalue weighted by molar-refractivity contribution is 0.131. The number of rotatable bonds is 8. The van der Waals surface area contributed by atoms with Crippen molar-refractivity contribution in [3.63, 3.8) is 0 Å². The second-order valence-electron chi connectivity index (χ2n) is 17.1. The molecule has 4 aliphatic heterocycles. The summed E-state index contributed by atoms with van der Waals surface area (Å²) in [5, 5.41) is 2.20. The van der Waals surface area contributed by atoms with Crippen molar-refractivity contribution in [3.8, 4) is 11.5 Å². The molecule has 6 heterocycles. The Labute approximate surface area is 329 Å². The van der Waals surface area contributed by atoms with E-state index in [0.29, 0.717) is 22.7 Å². The van der Waals surface area contributed by atoms with E-state index in [-0.39, 0.29) is 0 Å². The van der Waals surface area contributed by atoms with Crippen molar-refractivity contribution in [2.45, 2.75) is 88.1 Å². The third kappa shape index (κ3) is 7.35. The van der Waals surface area contributed by atoms with Crippen molar-refractivity contribution in [2.75, 3.05) is 76.4 Å². The Balaban J connectivity index is 0.000000142. The molecule has 6 aliphatic rings. The molecule has 2 saturated carbocycles. The first kappa shape index (κ1) is 36.3. The van der Waals surface area contributed by atoms with Gasteiger partial charge in [0.25, 0.3) is 0 Å². The molecule has 0 radical (unpaired) electrons. The van der Waals surface area contributed by atoms with E-state index < -0.39 is 0 Å². The first-order valence-electron chi connectivity index (χ1n) is 20.3. The van der Waals surface area contributed by atoms with Gasteiger partial charge in [-0.25, -0.2) is 9.97 Å². The molecule has 288 valence electrons. The van der Waals surface area contributed by atoms with E-state index in [1.165, 1.54) is 151 Å². The summed E-state index contributed by atoms with van der Waals surface area (Å²) in [6.07, 6.45) is 16.6. The molecule has 10 rings (SSSR count). The van der Waals surface area contributed by atoms with Crippen LogP contribution < -0.4 is 19.3 Å². The van der Waals surface area contributed by atoms with E-state index in [4.69, 9.17) is 9.47 Å². The van der Waals surface area contributed by atoms with Crippen molar-refractivity contribution in [1.29, 1.82) is 0 Å². The molecule has 0 amide bonds. The van der Waals surface area contributed by atoms with Crippen LogP contribution in [0.5, 0.6) is 11.5 Å². The lowest BCUT2D eigenvalue weighted by atomic mass is 9.78. The summed E-state index contributed by atoms with van der Waals surface area (Å²) in [5.41, 5.74) is 3.87. The fraction of sp³-hybridized carbons (Fsp3) is 0.619. The second-order valence-corrected chi connectivity index (χ2v) is 18.6. The fourth-order valence-corrected chi connectivity index (χ4v) is 12.2. The molecule has 12 heteroatoms. The van der Waals surface area contributed by atoms with Gasteiger partial charge in [-0.3, -0.25) is 0 Å². The zero-order valence-corrected chi connectivity index (χ0v) is 33.7. The van der Waals surface area contributed by atoms with Crippen LogP contribution in [0.2, 0.25) is 0 Å². The van der Waals surface area contributed by atoms with E-state index in [0.717, 1.165) is 33.8 Å². The molecule has 54 heavy (non-hydrogen) atoms. The van der Waals surface area contributed by atoms with Crippen LogP contribution in [0, 0.1) is 10.8 Å². The number of aromatic nitrogens is 4. The number of methoxy groups -OCH3 is 2. The van der Waals surface area contributed by atoms with Gasteiger partial charge in [-0.15, -0.1) is 0 Å². The van der Waals surface area contributed by atoms with Crippen LogP contribution in [0.1, 0.15) is 87.2 Å². The van der Waals surface area contributed by atoms with Gasteiger partial charge in [0.05, 0.1) is 14.2 Å². The smallest absolute Gasteiger partial charge is 0.204 e. The number of benzene rings is 2. The predicted octanol–water partition coefficient (Wildman–Crippen LogP) is 7.57. The molecule has 4 aromatic rings. The molecule has 2 atom stereocenters. The highest BCUT2D eigenvalue weighted by atomic mass is 32.1. The predicted molar refractivity (Wildman–Crippen MR) is 217 cm³/mol. The first-order chi connectivity index (χ1) is 26.5. The first-order valence-corrected chi connectivity index (χ1v) is 21.8. The molecule has 6 fully saturated rings. The zero-order valence-electron chi connectivity index (χ0n) is 32.0. The number of ether oxygens (including phenoxy) is 2. The molecular formula is C42H56N8O2S2. The Morgan fingerprint density at radius 1 is 0.574 bits per heavy atom.